The Balaban J connectivity index is 1.25. The zero-order chi connectivity index (χ0) is 23.2. The number of nitrogens with zero attached hydrogens (tertiary/aromatic N) is 7. The largest absolute Gasteiger partial charge is 0.507 e. The van der Waals surface area contributed by atoms with Crippen molar-refractivity contribution in [1.29, 1.82) is 5.26 Å². The van der Waals surface area contributed by atoms with Gasteiger partial charge in [-0.25, -0.2) is 9.37 Å². The van der Waals surface area contributed by atoms with Crippen molar-refractivity contribution in [1.82, 2.24) is 30.7 Å². The Hall–Kier alpha value is -3.23. The normalized spacial score (nSPS) is 26.1. The van der Waals surface area contributed by atoms with E-state index in [1.54, 1.807) is 24.4 Å². The molecular formula is C23H23FN8OS. The lowest BCUT2D eigenvalue weighted by Crippen LogP contribution is -2.62. The summed E-state index contributed by atoms with van der Waals surface area (Å²) in [4.78, 5) is 6.61. The summed E-state index contributed by atoms with van der Waals surface area (Å²) < 4.78 is 15.4. The Bertz CT molecular complexity index is 1240. The minimum absolute atomic E-state index is 0.00380. The molecule has 0 radical (unpaired) electrons. The lowest BCUT2D eigenvalue weighted by Gasteiger charge is -2.46. The second-order valence-corrected chi connectivity index (χ2v) is 10.2. The molecule has 1 aliphatic carbocycles. The number of alkyl halides is 1. The second kappa shape index (κ2) is 8.52. The van der Waals surface area contributed by atoms with E-state index in [-0.39, 0.29) is 28.9 Å². The Labute approximate surface area is 199 Å². The van der Waals surface area contributed by atoms with Gasteiger partial charge in [0.2, 0.25) is 11.0 Å². The lowest BCUT2D eigenvalue weighted by molar-refractivity contribution is 0.103. The molecule has 4 heterocycles. The van der Waals surface area contributed by atoms with Crippen molar-refractivity contribution in [2.75, 3.05) is 4.90 Å². The fourth-order valence-corrected chi connectivity index (χ4v) is 5.80. The maximum absolute atomic E-state index is 15.4. The summed E-state index contributed by atoms with van der Waals surface area (Å²) in [6.07, 6.45) is 6.43. The predicted molar refractivity (Wildman–Crippen MR) is 124 cm³/mol. The van der Waals surface area contributed by atoms with Crippen LogP contribution >= 0.6 is 11.3 Å². The number of piperidine rings is 2. The van der Waals surface area contributed by atoms with E-state index >= 15 is 4.39 Å². The van der Waals surface area contributed by atoms with E-state index in [0.717, 1.165) is 49.9 Å². The maximum Gasteiger partial charge on any atom is 0.245 e. The quantitative estimate of drug-likeness (QED) is 0.569. The number of hydrogen-bond donors (Lipinski definition) is 2. The third kappa shape index (κ3) is 3.86. The van der Waals surface area contributed by atoms with Crippen molar-refractivity contribution in [3.05, 3.63) is 29.4 Å². The zero-order valence-electron chi connectivity index (χ0n) is 18.3. The summed E-state index contributed by atoms with van der Waals surface area (Å²) in [5.74, 6) is 0.456. The minimum atomic E-state index is -0.959. The Morgan fingerprint density at radius 1 is 1.15 bits per heavy atom. The average molecular weight is 479 g/mol. The molecule has 0 amide bonds. The van der Waals surface area contributed by atoms with Crippen molar-refractivity contribution >= 4 is 17.3 Å². The number of aromatic nitrogens is 5. The molecule has 1 aromatic carbocycles. The predicted octanol–water partition coefficient (Wildman–Crippen LogP) is 3.22. The fourth-order valence-electron chi connectivity index (χ4n) is 5.16. The first-order chi connectivity index (χ1) is 16.6. The number of nitriles is 1. The molecule has 3 aromatic rings. The van der Waals surface area contributed by atoms with E-state index in [0.29, 0.717) is 33.8 Å². The molecule has 2 saturated heterocycles. The summed E-state index contributed by atoms with van der Waals surface area (Å²) in [6, 6.07) is 7.28. The van der Waals surface area contributed by atoms with Crippen LogP contribution in [-0.4, -0.2) is 60.8 Å². The smallest absolute Gasteiger partial charge is 0.245 e. The van der Waals surface area contributed by atoms with Gasteiger partial charge in [0.05, 0.1) is 12.2 Å². The first kappa shape index (κ1) is 21.3. The Kier molecular flexibility index (Phi) is 5.34. The summed E-state index contributed by atoms with van der Waals surface area (Å²) in [6.45, 7) is 0. The number of phenols is 1. The third-order valence-corrected chi connectivity index (χ3v) is 7.79. The molecule has 2 N–H and O–H groups in total. The van der Waals surface area contributed by atoms with Crippen LogP contribution in [0.15, 0.2) is 24.4 Å². The second-order valence-electron chi connectivity index (χ2n) is 9.19. The Morgan fingerprint density at radius 2 is 2.03 bits per heavy atom. The number of benzene rings is 1. The van der Waals surface area contributed by atoms with Crippen LogP contribution in [0.25, 0.3) is 21.8 Å². The van der Waals surface area contributed by atoms with Crippen molar-refractivity contribution in [2.45, 2.75) is 68.9 Å². The number of halogens is 1. The molecule has 3 fully saturated rings. The summed E-state index contributed by atoms with van der Waals surface area (Å²) >= 11 is 1.15. The fraction of sp³-hybridized carbons (Fsp3) is 0.478. The summed E-state index contributed by atoms with van der Waals surface area (Å²) in [7, 11) is 0. The van der Waals surface area contributed by atoms with Gasteiger partial charge in [0.25, 0.3) is 0 Å². The standard InChI is InChI=1S/C23H23FN8OS/c24-21-16-3-1-2-13(27-16)9-18(21)32(14-5-6-14)23-26-11-17(28-31-23)15-7-4-12(8-19(15)33)22-30-29-20(10-25)34-22/h4,7-8,11,13-14,16,18,21,27,33H,1-3,5-6,9H2/t13-,16-,18+,21-/m0/s1. The van der Waals surface area contributed by atoms with Gasteiger partial charge < -0.3 is 15.3 Å². The number of phenolic OH excluding ortho intramolecular Hbond substituents is 1. The van der Waals surface area contributed by atoms with E-state index in [9.17, 15) is 5.11 Å². The van der Waals surface area contributed by atoms with Gasteiger partial charge in [0.1, 0.15) is 28.7 Å². The first-order valence-electron chi connectivity index (χ1n) is 11.6. The van der Waals surface area contributed by atoms with E-state index < -0.39 is 6.17 Å². The molecule has 2 aromatic heterocycles. The summed E-state index contributed by atoms with van der Waals surface area (Å²) in [5.41, 5.74) is 1.57. The highest BCUT2D eigenvalue weighted by molar-refractivity contribution is 7.15. The monoisotopic (exact) mass is 478 g/mol. The SMILES string of the molecule is N#Cc1nnc(-c2ccc(-c3cnc(N(C4CC4)[C@@H]4C[C@@H]5CCC[C@H](N5)[C@@H]4F)nn3)c(O)c2)s1. The first-order valence-corrected chi connectivity index (χ1v) is 12.4. The molecule has 11 heteroatoms. The van der Waals surface area contributed by atoms with Gasteiger partial charge in [-0.1, -0.05) is 23.8 Å². The van der Waals surface area contributed by atoms with Crippen LogP contribution in [0.5, 0.6) is 5.75 Å². The lowest BCUT2D eigenvalue weighted by atomic mass is 9.82. The van der Waals surface area contributed by atoms with Gasteiger partial charge in [-0.3, -0.25) is 0 Å². The highest BCUT2D eigenvalue weighted by Gasteiger charge is 2.47. The number of aromatic hydroxyl groups is 1. The van der Waals surface area contributed by atoms with Crippen molar-refractivity contribution in [2.24, 2.45) is 0 Å². The van der Waals surface area contributed by atoms with Gasteiger partial charge in [-0.2, -0.15) is 5.26 Å². The van der Waals surface area contributed by atoms with Gasteiger partial charge in [0, 0.05) is 29.3 Å². The number of nitrogens with one attached hydrogen (secondary N) is 1. The van der Waals surface area contributed by atoms with Crippen molar-refractivity contribution in [3.8, 4) is 33.6 Å². The molecule has 6 rings (SSSR count). The molecule has 0 unspecified atom stereocenters. The van der Waals surface area contributed by atoms with Crippen LogP contribution in [0.1, 0.15) is 43.5 Å². The van der Waals surface area contributed by atoms with Gasteiger partial charge in [-0.15, -0.1) is 20.4 Å². The van der Waals surface area contributed by atoms with E-state index in [4.69, 9.17) is 5.26 Å². The molecule has 0 spiro atoms. The summed E-state index contributed by atoms with van der Waals surface area (Å²) in [5, 5.41) is 40.3. The van der Waals surface area contributed by atoms with Gasteiger partial charge >= 0.3 is 0 Å². The number of anilines is 1. The Morgan fingerprint density at radius 3 is 2.74 bits per heavy atom. The highest BCUT2D eigenvalue weighted by Crippen LogP contribution is 2.39. The number of hydrogen-bond acceptors (Lipinski definition) is 10. The van der Waals surface area contributed by atoms with Crippen molar-refractivity contribution < 1.29 is 9.50 Å². The molecule has 34 heavy (non-hydrogen) atoms. The van der Waals surface area contributed by atoms with Gasteiger partial charge in [0.15, 0.2) is 0 Å². The molecule has 1 saturated carbocycles. The van der Waals surface area contributed by atoms with Crippen LogP contribution in [0.3, 0.4) is 0 Å². The molecule has 2 aliphatic heterocycles. The van der Waals surface area contributed by atoms with Crippen LogP contribution in [0.4, 0.5) is 10.3 Å². The molecule has 9 nitrogen and oxygen atoms in total. The van der Waals surface area contributed by atoms with Crippen LogP contribution in [0, 0.1) is 11.3 Å². The third-order valence-electron chi connectivity index (χ3n) is 6.91. The maximum atomic E-state index is 15.4. The van der Waals surface area contributed by atoms with Crippen LogP contribution in [0.2, 0.25) is 0 Å². The highest BCUT2D eigenvalue weighted by atomic mass is 32.1. The van der Waals surface area contributed by atoms with Crippen LogP contribution in [-0.2, 0) is 0 Å². The molecule has 2 bridgehead atoms. The topological polar surface area (TPSA) is 124 Å². The van der Waals surface area contributed by atoms with E-state index in [1.165, 1.54) is 0 Å². The van der Waals surface area contributed by atoms with Crippen LogP contribution < -0.4 is 10.2 Å². The molecular weight excluding hydrogens is 455 g/mol. The van der Waals surface area contributed by atoms with Crippen molar-refractivity contribution in [3.63, 3.8) is 0 Å². The molecule has 4 atom stereocenters. The zero-order valence-corrected chi connectivity index (χ0v) is 19.1. The van der Waals surface area contributed by atoms with E-state index in [1.807, 2.05) is 6.07 Å². The van der Waals surface area contributed by atoms with E-state index in [2.05, 4.69) is 35.6 Å². The minimum Gasteiger partial charge on any atom is -0.507 e. The molecule has 3 aliphatic rings. The molecule has 174 valence electrons. The number of fused-ring (bicyclic) bond motifs is 2. The number of rotatable bonds is 5. The van der Waals surface area contributed by atoms with Gasteiger partial charge in [-0.05, 0) is 44.2 Å². The average Bonchev–Trinajstić information content (AvgIpc) is 3.57.